The van der Waals surface area contributed by atoms with Crippen molar-refractivity contribution in [1.29, 1.82) is 0 Å². The Labute approximate surface area is 138 Å². The molecule has 0 aliphatic carbocycles. The van der Waals surface area contributed by atoms with Gasteiger partial charge in [0.25, 0.3) is 5.91 Å². The molecular formula is C15H17F3N2O3S. The number of carbonyl (C=O) groups excluding carboxylic acids is 1. The van der Waals surface area contributed by atoms with Crippen molar-refractivity contribution in [1.82, 2.24) is 9.62 Å². The lowest BCUT2D eigenvalue weighted by Gasteiger charge is -2.17. The van der Waals surface area contributed by atoms with Gasteiger partial charge in [0.1, 0.15) is 0 Å². The maximum absolute atomic E-state index is 12.5. The number of likely N-dealkylation sites (tertiary alicyclic amines) is 1. The van der Waals surface area contributed by atoms with Gasteiger partial charge < -0.3 is 4.90 Å². The van der Waals surface area contributed by atoms with Crippen LogP contribution >= 0.6 is 0 Å². The molecule has 1 aromatic rings. The number of hydrogen-bond donors (Lipinski definition) is 1. The second kappa shape index (κ2) is 6.94. The standard InChI is InChI=1S/C15H17F3N2O3S/c1-2-24(22,23)19-9-11-7-8-20(10-11)14(21)12-3-5-13(6-4-12)15(16,17)18/h2-6,11,19H,1,7-10H2. The zero-order chi connectivity index (χ0) is 18.0. The first-order valence-corrected chi connectivity index (χ1v) is 8.75. The molecule has 1 aliphatic rings. The summed E-state index contributed by atoms with van der Waals surface area (Å²) in [6, 6.07) is 4.05. The Balaban J connectivity index is 1.96. The van der Waals surface area contributed by atoms with E-state index in [-0.39, 0.29) is 23.9 Å². The first-order valence-electron chi connectivity index (χ1n) is 7.21. The smallest absolute Gasteiger partial charge is 0.338 e. The van der Waals surface area contributed by atoms with Crippen molar-refractivity contribution in [2.45, 2.75) is 12.6 Å². The highest BCUT2D eigenvalue weighted by molar-refractivity contribution is 7.92. The van der Waals surface area contributed by atoms with E-state index in [1.54, 1.807) is 0 Å². The van der Waals surface area contributed by atoms with Gasteiger partial charge >= 0.3 is 6.18 Å². The maximum Gasteiger partial charge on any atom is 0.416 e. The predicted molar refractivity (Wildman–Crippen MR) is 82.6 cm³/mol. The van der Waals surface area contributed by atoms with E-state index in [0.717, 1.165) is 29.7 Å². The van der Waals surface area contributed by atoms with Crippen LogP contribution in [0.4, 0.5) is 13.2 Å². The number of sulfonamides is 1. The van der Waals surface area contributed by atoms with E-state index in [1.165, 1.54) is 4.90 Å². The molecule has 0 aromatic heterocycles. The zero-order valence-electron chi connectivity index (χ0n) is 12.7. The average Bonchev–Trinajstić information content (AvgIpc) is 3.01. The Kier molecular flexibility index (Phi) is 5.34. The van der Waals surface area contributed by atoms with E-state index >= 15 is 0 Å². The average molecular weight is 362 g/mol. The number of hydrogen-bond acceptors (Lipinski definition) is 3. The summed E-state index contributed by atoms with van der Waals surface area (Å²) in [6.45, 7) is 4.15. The summed E-state index contributed by atoms with van der Waals surface area (Å²) in [5, 5.41) is 0.813. The molecular weight excluding hydrogens is 345 g/mol. The van der Waals surface area contributed by atoms with Crippen molar-refractivity contribution in [3.63, 3.8) is 0 Å². The van der Waals surface area contributed by atoms with Crippen molar-refractivity contribution in [2.75, 3.05) is 19.6 Å². The quantitative estimate of drug-likeness (QED) is 0.874. The molecule has 0 spiro atoms. The van der Waals surface area contributed by atoms with Crippen molar-refractivity contribution in [3.8, 4) is 0 Å². The SMILES string of the molecule is C=CS(=O)(=O)NCC1CCN(C(=O)c2ccc(C(F)(F)F)cc2)C1. The Bertz CT molecular complexity index is 714. The monoisotopic (exact) mass is 362 g/mol. The fourth-order valence-electron chi connectivity index (χ4n) is 2.46. The molecule has 1 aliphatic heterocycles. The molecule has 1 saturated heterocycles. The summed E-state index contributed by atoms with van der Waals surface area (Å²) in [4.78, 5) is 13.8. The molecule has 2 rings (SSSR count). The van der Waals surface area contributed by atoms with Crippen LogP contribution in [0.1, 0.15) is 22.3 Å². The molecule has 24 heavy (non-hydrogen) atoms. The number of halogens is 3. The molecule has 1 atom stereocenters. The Morgan fingerprint density at radius 1 is 1.33 bits per heavy atom. The molecule has 0 saturated carbocycles. The molecule has 1 aromatic carbocycles. The van der Waals surface area contributed by atoms with Crippen LogP contribution in [-0.2, 0) is 16.2 Å². The Morgan fingerprint density at radius 3 is 2.50 bits per heavy atom. The van der Waals surface area contributed by atoms with E-state index in [9.17, 15) is 26.4 Å². The number of carbonyl (C=O) groups is 1. The van der Waals surface area contributed by atoms with Gasteiger partial charge in [0.15, 0.2) is 0 Å². The molecule has 132 valence electrons. The van der Waals surface area contributed by atoms with Gasteiger partial charge in [0, 0.05) is 30.6 Å². The van der Waals surface area contributed by atoms with Crippen molar-refractivity contribution >= 4 is 15.9 Å². The summed E-state index contributed by atoms with van der Waals surface area (Å²) in [7, 11) is -3.51. The largest absolute Gasteiger partial charge is 0.416 e. The van der Waals surface area contributed by atoms with E-state index in [1.807, 2.05) is 0 Å². The fourth-order valence-corrected chi connectivity index (χ4v) is 3.05. The summed E-state index contributed by atoms with van der Waals surface area (Å²) < 4.78 is 62.5. The van der Waals surface area contributed by atoms with E-state index in [4.69, 9.17) is 0 Å². The molecule has 9 heteroatoms. The number of nitrogens with zero attached hydrogens (tertiary/aromatic N) is 1. The summed E-state index contributed by atoms with van der Waals surface area (Å²) in [6.07, 6.45) is -3.82. The normalized spacial score (nSPS) is 18.6. The molecule has 1 heterocycles. The van der Waals surface area contributed by atoms with Crippen LogP contribution in [0.5, 0.6) is 0 Å². The molecule has 1 amide bonds. The van der Waals surface area contributed by atoms with Gasteiger partial charge in [-0.3, -0.25) is 4.79 Å². The summed E-state index contributed by atoms with van der Waals surface area (Å²) in [5.41, 5.74) is -0.632. The van der Waals surface area contributed by atoms with Crippen LogP contribution in [0.15, 0.2) is 36.3 Å². The molecule has 1 fully saturated rings. The lowest BCUT2D eigenvalue weighted by Crippen LogP contribution is -2.32. The minimum absolute atomic E-state index is 0.0434. The van der Waals surface area contributed by atoms with Gasteiger partial charge in [-0.2, -0.15) is 13.2 Å². The summed E-state index contributed by atoms with van der Waals surface area (Å²) in [5.74, 6) is -0.407. The Morgan fingerprint density at radius 2 is 1.96 bits per heavy atom. The van der Waals surface area contributed by atoms with Crippen LogP contribution in [0.2, 0.25) is 0 Å². The molecule has 0 bridgehead atoms. The molecule has 1 unspecified atom stereocenters. The lowest BCUT2D eigenvalue weighted by atomic mass is 10.1. The highest BCUT2D eigenvalue weighted by atomic mass is 32.2. The first kappa shape index (κ1) is 18.5. The van der Waals surface area contributed by atoms with Gasteiger partial charge in [-0.15, -0.1) is 0 Å². The first-order chi connectivity index (χ1) is 11.1. The predicted octanol–water partition coefficient (Wildman–Crippen LogP) is 2.23. The minimum atomic E-state index is -4.44. The van der Waals surface area contributed by atoms with Gasteiger partial charge in [-0.25, -0.2) is 13.1 Å². The van der Waals surface area contributed by atoms with Crippen LogP contribution < -0.4 is 4.72 Å². The highest BCUT2D eigenvalue weighted by Gasteiger charge is 2.31. The fraction of sp³-hybridized carbons (Fsp3) is 0.400. The number of alkyl halides is 3. The number of rotatable bonds is 5. The zero-order valence-corrected chi connectivity index (χ0v) is 13.5. The molecule has 1 N–H and O–H groups in total. The molecule has 5 nitrogen and oxygen atoms in total. The van der Waals surface area contributed by atoms with E-state index in [0.29, 0.717) is 19.5 Å². The minimum Gasteiger partial charge on any atom is -0.338 e. The van der Waals surface area contributed by atoms with Crippen LogP contribution in [-0.4, -0.2) is 38.9 Å². The summed E-state index contributed by atoms with van der Waals surface area (Å²) >= 11 is 0. The second-order valence-electron chi connectivity index (χ2n) is 5.54. The Hall–Kier alpha value is -1.87. The van der Waals surface area contributed by atoms with Gasteiger partial charge in [0.2, 0.25) is 10.0 Å². The van der Waals surface area contributed by atoms with Crippen LogP contribution in [0, 0.1) is 5.92 Å². The topological polar surface area (TPSA) is 66.5 Å². The van der Waals surface area contributed by atoms with E-state index < -0.39 is 21.8 Å². The van der Waals surface area contributed by atoms with Gasteiger partial charge in [-0.05, 0) is 36.6 Å². The van der Waals surface area contributed by atoms with Crippen molar-refractivity contribution in [3.05, 3.63) is 47.4 Å². The number of amides is 1. The number of nitrogens with one attached hydrogen (secondary N) is 1. The third kappa shape index (κ3) is 4.57. The van der Waals surface area contributed by atoms with Crippen LogP contribution in [0.3, 0.4) is 0 Å². The molecule has 0 radical (unpaired) electrons. The third-order valence-corrected chi connectivity index (χ3v) is 4.83. The van der Waals surface area contributed by atoms with E-state index in [2.05, 4.69) is 11.3 Å². The third-order valence-electron chi connectivity index (χ3n) is 3.82. The van der Waals surface area contributed by atoms with Crippen LogP contribution in [0.25, 0.3) is 0 Å². The van der Waals surface area contributed by atoms with Gasteiger partial charge in [0.05, 0.1) is 5.56 Å². The van der Waals surface area contributed by atoms with Crippen molar-refractivity contribution < 1.29 is 26.4 Å². The number of benzene rings is 1. The maximum atomic E-state index is 12.5. The van der Waals surface area contributed by atoms with Gasteiger partial charge in [-0.1, -0.05) is 6.58 Å². The second-order valence-corrected chi connectivity index (χ2v) is 7.25. The van der Waals surface area contributed by atoms with Crippen molar-refractivity contribution in [2.24, 2.45) is 5.92 Å². The lowest BCUT2D eigenvalue weighted by molar-refractivity contribution is -0.137. The highest BCUT2D eigenvalue weighted by Crippen LogP contribution is 2.29.